The highest BCUT2D eigenvalue weighted by Gasteiger charge is 2.29. The quantitative estimate of drug-likeness (QED) is 0.667. The van der Waals surface area contributed by atoms with Crippen LogP contribution in [0.1, 0.15) is 62.2 Å². The predicted octanol–water partition coefficient (Wildman–Crippen LogP) is 2.63. The molecule has 7 nitrogen and oxygen atoms in total. The molecule has 1 aliphatic carbocycles. The number of carbonyl (C=O) groups excluding carboxylic acids is 2. The van der Waals surface area contributed by atoms with E-state index in [1.165, 1.54) is 55.5 Å². The number of piperazine rings is 1. The Bertz CT molecular complexity index is 824. The number of nitrogens with zero attached hydrogens (tertiary/aromatic N) is 2. The fourth-order valence-electron chi connectivity index (χ4n) is 4.34. The fraction of sp³-hybridized carbons (Fsp3) is 0.636. The maximum Gasteiger partial charge on any atom is 0.251 e. The summed E-state index contributed by atoms with van der Waals surface area (Å²) in [5, 5.41) is 2.94. The third kappa shape index (κ3) is 5.82. The summed E-state index contributed by atoms with van der Waals surface area (Å²) < 4.78 is 27.1. The maximum absolute atomic E-state index is 12.8. The Balaban J connectivity index is 1.48. The summed E-state index contributed by atoms with van der Waals surface area (Å²) in [4.78, 5) is 25.6. The van der Waals surface area contributed by atoms with E-state index < -0.39 is 10.0 Å². The summed E-state index contributed by atoms with van der Waals surface area (Å²) in [5.41, 5.74) is 0.466. The third-order valence-electron chi connectivity index (χ3n) is 6.24. The van der Waals surface area contributed by atoms with Crippen LogP contribution in [0.5, 0.6) is 0 Å². The summed E-state index contributed by atoms with van der Waals surface area (Å²) in [7, 11) is -3.62. The number of rotatable bonds is 7. The third-order valence-corrected chi connectivity index (χ3v) is 8.15. The van der Waals surface area contributed by atoms with Crippen LogP contribution in [0.4, 0.5) is 0 Å². The normalized spacial score (nSPS) is 18.9. The van der Waals surface area contributed by atoms with Crippen LogP contribution in [-0.4, -0.2) is 62.2 Å². The van der Waals surface area contributed by atoms with Gasteiger partial charge in [-0.15, -0.1) is 0 Å². The highest BCUT2D eigenvalue weighted by Crippen LogP contribution is 2.27. The molecule has 0 unspecified atom stereocenters. The van der Waals surface area contributed by atoms with Crippen molar-refractivity contribution in [3.05, 3.63) is 29.8 Å². The number of nitrogens with one attached hydrogen (secondary N) is 1. The number of hydrogen-bond acceptors (Lipinski definition) is 4. The zero-order chi connectivity index (χ0) is 21.6. The average Bonchev–Trinajstić information content (AvgIpc) is 2.77. The van der Waals surface area contributed by atoms with Crippen LogP contribution in [0.25, 0.3) is 0 Å². The van der Waals surface area contributed by atoms with Crippen molar-refractivity contribution in [3.63, 3.8) is 0 Å². The van der Waals surface area contributed by atoms with E-state index in [1.807, 2.05) is 0 Å². The van der Waals surface area contributed by atoms with Gasteiger partial charge in [0.05, 0.1) is 4.90 Å². The van der Waals surface area contributed by atoms with E-state index in [2.05, 4.69) is 5.32 Å². The average molecular weight is 436 g/mol. The second kappa shape index (κ2) is 10.4. The molecule has 2 fully saturated rings. The van der Waals surface area contributed by atoms with Gasteiger partial charge in [-0.25, -0.2) is 8.42 Å². The van der Waals surface area contributed by atoms with E-state index in [9.17, 15) is 18.0 Å². The van der Waals surface area contributed by atoms with E-state index in [0.29, 0.717) is 25.2 Å². The Hall–Kier alpha value is -1.93. The lowest BCUT2D eigenvalue weighted by Crippen LogP contribution is -2.49. The van der Waals surface area contributed by atoms with Gasteiger partial charge >= 0.3 is 0 Å². The second-order valence-electron chi connectivity index (χ2n) is 8.34. The van der Waals surface area contributed by atoms with Crippen LogP contribution < -0.4 is 5.32 Å². The highest BCUT2D eigenvalue weighted by atomic mass is 32.2. The lowest BCUT2D eigenvalue weighted by Gasteiger charge is -2.33. The zero-order valence-electron chi connectivity index (χ0n) is 17.8. The van der Waals surface area contributed by atoms with Crippen LogP contribution in [-0.2, 0) is 14.8 Å². The SMILES string of the molecule is CC(=O)N1CCN(S(=O)(=O)c2ccc(C(=O)NCCCC3CCCCC3)cc2)CC1. The summed E-state index contributed by atoms with van der Waals surface area (Å²) in [6, 6.07) is 6.11. The molecule has 1 aromatic carbocycles. The number of sulfonamides is 1. The summed E-state index contributed by atoms with van der Waals surface area (Å²) in [6.07, 6.45) is 8.79. The van der Waals surface area contributed by atoms with Crippen LogP contribution >= 0.6 is 0 Å². The fourth-order valence-corrected chi connectivity index (χ4v) is 5.76. The Kier molecular flexibility index (Phi) is 7.88. The van der Waals surface area contributed by atoms with Gasteiger partial charge in [-0.05, 0) is 43.0 Å². The molecule has 1 aliphatic heterocycles. The Morgan fingerprint density at radius 1 is 1.00 bits per heavy atom. The van der Waals surface area contributed by atoms with Gasteiger partial charge in [-0.1, -0.05) is 32.1 Å². The Labute approximate surface area is 179 Å². The maximum atomic E-state index is 12.8. The molecule has 1 aromatic rings. The molecule has 8 heteroatoms. The molecule has 0 spiro atoms. The molecule has 30 heavy (non-hydrogen) atoms. The molecule has 2 amide bonds. The zero-order valence-corrected chi connectivity index (χ0v) is 18.6. The van der Waals surface area contributed by atoms with Gasteiger partial charge in [0.2, 0.25) is 15.9 Å². The molecule has 3 rings (SSSR count). The summed E-state index contributed by atoms with van der Waals surface area (Å²) in [6.45, 7) is 3.50. The number of carbonyl (C=O) groups is 2. The van der Waals surface area contributed by atoms with E-state index in [0.717, 1.165) is 18.8 Å². The van der Waals surface area contributed by atoms with Crippen molar-refractivity contribution in [3.8, 4) is 0 Å². The van der Waals surface area contributed by atoms with Gasteiger partial charge in [-0.3, -0.25) is 9.59 Å². The highest BCUT2D eigenvalue weighted by molar-refractivity contribution is 7.89. The first-order chi connectivity index (χ1) is 14.4. The lowest BCUT2D eigenvalue weighted by molar-refractivity contribution is -0.129. The smallest absolute Gasteiger partial charge is 0.251 e. The van der Waals surface area contributed by atoms with Crippen LogP contribution in [0.3, 0.4) is 0 Å². The van der Waals surface area contributed by atoms with Crippen LogP contribution in [0.2, 0.25) is 0 Å². The van der Waals surface area contributed by atoms with E-state index in [4.69, 9.17) is 0 Å². The Morgan fingerprint density at radius 2 is 1.63 bits per heavy atom. The molecule has 0 aromatic heterocycles. The van der Waals surface area contributed by atoms with Gasteiger partial charge in [0.15, 0.2) is 0 Å². The topological polar surface area (TPSA) is 86.8 Å². The molecular formula is C22H33N3O4S. The van der Waals surface area contributed by atoms with Crippen molar-refractivity contribution < 1.29 is 18.0 Å². The number of hydrogen-bond donors (Lipinski definition) is 1. The molecule has 0 atom stereocenters. The first kappa shape index (κ1) is 22.7. The minimum atomic E-state index is -3.62. The minimum Gasteiger partial charge on any atom is -0.352 e. The number of amides is 2. The first-order valence-corrected chi connectivity index (χ1v) is 12.5. The standard InChI is InChI=1S/C22H33N3O4S/c1-18(26)24-14-16-25(17-15-24)30(28,29)21-11-9-20(10-12-21)22(27)23-13-5-8-19-6-3-2-4-7-19/h9-12,19H,2-8,13-17H2,1H3,(H,23,27). The molecular weight excluding hydrogens is 402 g/mol. The van der Waals surface area contributed by atoms with Gasteiger partial charge in [0.1, 0.15) is 0 Å². The monoisotopic (exact) mass is 435 g/mol. The van der Waals surface area contributed by atoms with Crippen molar-refractivity contribution in [2.75, 3.05) is 32.7 Å². The molecule has 1 N–H and O–H groups in total. The molecule has 0 radical (unpaired) electrons. The van der Waals surface area contributed by atoms with Gasteiger partial charge in [0, 0.05) is 45.2 Å². The van der Waals surface area contributed by atoms with Crippen molar-refractivity contribution in [2.45, 2.75) is 56.8 Å². The molecule has 2 aliphatic rings. The second-order valence-corrected chi connectivity index (χ2v) is 10.3. The number of benzene rings is 1. The molecule has 166 valence electrons. The summed E-state index contributed by atoms with van der Waals surface area (Å²) in [5.74, 6) is 0.594. The van der Waals surface area contributed by atoms with Crippen LogP contribution in [0.15, 0.2) is 29.2 Å². The first-order valence-electron chi connectivity index (χ1n) is 11.0. The van der Waals surface area contributed by atoms with Crippen molar-refractivity contribution in [1.82, 2.24) is 14.5 Å². The molecule has 1 saturated heterocycles. The van der Waals surface area contributed by atoms with Crippen molar-refractivity contribution in [1.29, 1.82) is 0 Å². The molecule has 1 saturated carbocycles. The van der Waals surface area contributed by atoms with E-state index >= 15 is 0 Å². The largest absolute Gasteiger partial charge is 0.352 e. The lowest BCUT2D eigenvalue weighted by atomic mass is 9.86. The van der Waals surface area contributed by atoms with Crippen molar-refractivity contribution in [2.24, 2.45) is 5.92 Å². The van der Waals surface area contributed by atoms with Gasteiger partial charge in [-0.2, -0.15) is 4.31 Å². The van der Waals surface area contributed by atoms with Gasteiger partial charge in [0.25, 0.3) is 5.91 Å². The van der Waals surface area contributed by atoms with E-state index in [-0.39, 0.29) is 29.8 Å². The minimum absolute atomic E-state index is 0.0406. The predicted molar refractivity (Wildman–Crippen MR) is 116 cm³/mol. The molecule has 1 heterocycles. The molecule has 0 bridgehead atoms. The van der Waals surface area contributed by atoms with E-state index in [1.54, 1.807) is 17.0 Å². The van der Waals surface area contributed by atoms with Crippen LogP contribution in [0, 0.1) is 5.92 Å². The van der Waals surface area contributed by atoms with Crippen molar-refractivity contribution >= 4 is 21.8 Å². The van der Waals surface area contributed by atoms with Gasteiger partial charge < -0.3 is 10.2 Å². The summed E-state index contributed by atoms with van der Waals surface area (Å²) >= 11 is 0. The Morgan fingerprint density at radius 3 is 2.23 bits per heavy atom.